The normalized spacial score (nSPS) is 12.4. The van der Waals surface area contributed by atoms with Crippen molar-refractivity contribution in [3.05, 3.63) is 54.1 Å². The number of fused-ring (bicyclic) bond motifs is 1. The van der Waals surface area contributed by atoms with E-state index in [9.17, 15) is 4.79 Å². The van der Waals surface area contributed by atoms with Gasteiger partial charge in [-0.1, -0.05) is 64.3 Å². The summed E-state index contributed by atoms with van der Waals surface area (Å²) in [5.41, 5.74) is 1.18. The first kappa shape index (κ1) is 20.1. The van der Waals surface area contributed by atoms with Gasteiger partial charge in [0, 0.05) is 10.5 Å². The van der Waals surface area contributed by atoms with E-state index in [1.54, 1.807) is 30.3 Å². The number of carbonyl (C=O) groups is 1. The van der Waals surface area contributed by atoms with Crippen LogP contribution in [0.5, 0.6) is 0 Å². The van der Waals surface area contributed by atoms with E-state index in [2.05, 4.69) is 15.6 Å². The van der Waals surface area contributed by atoms with Gasteiger partial charge in [-0.3, -0.25) is 4.79 Å². The number of benzene rings is 2. The molecule has 10 heteroatoms. The van der Waals surface area contributed by atoms with Gasteiger partial charge < -0.3 is 10.6 Å². The predicted molar refractivity (Wildman–Crippen MR) is 113 cm³/mol. The Bertz CT molecular complexity index is 999. The highest BCUT2D eigenvalue weighted by Crippen LogP contribution is 2.34. The van der Waals surface area contributed by atoms with E-state index in [1.165, 1.54) is 11.3 Å². The van der Waals surface area contributed by atoms with Crippen LogP contribution in [0.25, 0.3) is 10.2 Å². The third-order valence-corrected chi connectivity index (χ3v) is 5.61. The fourth-order valence-corrected chi connectivity index (χ4v) is 3.96. The molecule has 0 aliphatic rings. The summed E-state index contributed by atoms with van der Waals surface area (Å²) in [6.45, 7) is 0. The monoisotopic (exact) mass is 456 g/mol. The number of carbonyl (C=O) groups excluding carboxylic acids is 1. The van der Waals surface area contributed by atoms with Gasteiger partial charge in [0.05, 0.1) is 10.2 Å². The first-order chi connectivity index (χ1) is 12.9. The van der Waals surface area contributed by atoms with Gasteiger partial charge in [0.25, 0.3) is 5.91 Å². The molecule has 0 fully saturated rings. The molecule has 0 saturated heterocycles. The Hall–Kier alpha value is -1.69. The van der Waals surface area contributed by atoms with Crippen LogP contribution in [0, 0.1) is 10.7 Å². The molecule has 0 saturated carbocycles. The molecule has 138 valence electrons. The van der Waals surface area contributed by atoms with Gasteiger partial charge in [0.15, 0.2) is 5.13 Å². The Balaban J connectivity index is 1.81. The van der Waals surface area contributed by atoms with Crippen molar-refractivity contribution in [2.45, 2.75) is 14.9 Å². The fraction of sp³-hybridized carbons (Fsp3) is 0.118. The summed E-state index contributed by atoms with van der Waals surface area (Å²) >= 11 is 20.5. The third kappa shape index (κ3) is 5.18. The second-order valence-corrected chi connectivity index (χ2v) is 9.56. The van der Waals surface area contributed by atoms with Crippen LogP contribution < -0.4 is 10.6 Å². The zero-order chi connectivity index (χ0) is 19.4. The molecule has 0 bridgehead atoms. The van der Waals surface area contributed by atoms with Gasteiger partial charge in [0.1, 0.15) is 11.6 Å². The molecule has 2 N–H and O–H groups in total. The van der Waals surface area contributed by atoms with Crippen molar-refractivity contribution in [2.75, 3.05) is 5.32 Å². The molecule has 2 aromatic carbocycles. The highest BCUT2D eigenvalue weighted by Gasteiger charge is 2.35. The minimum absolute atomic E-state index is 0.381. The molecule has 3 rings (SSSR count). The third-order valence-electron chi connectivity index (χ3n) is 3.43. The van der Waals surface area contributed by atoms with Gasteiger partial charge in [-0.15, -0.1) is 0 Å². The number of nitrogens with zero attached hydrogens (tertiary/aromatic N) is 2. The first-order valence-electron chi connectivity index (χ1n) is 7.52. The molecule has 5 nitrogen and oxygen atoms in total. The summed E-state index contributed by atoms with van der Waals surface area (Å²) in [5, 5.41) is 16.9. The number of nitriles is 1. The van der Waals surface area contributed by atoms with Crippen molar-refractivity contribution in [3.63, 3.8) is 0 Å². The largest absolute Gasteiger partial charge is 0.338 e. The van der Waals surface area contributed by atoms with Crippen molar-refractivity contribution in [1.82, 2.24) is 10.3 Å². The molecule has 1 heterocycles. The van der Waals surface area contributed by atoms with E-state index >= 15 is 0 Å². The van der Waals surface area contributed by atoms with Crippen molar-refractivity contribution in [3.8, 4) is 5.40 Å². The van der Waals surface area contributed by atoms with Crippen LogP contribution in [0.4, 0.5) is 5.13 Å². The molecule has 0 unspecified atom stereocenters. The van der Waals surface area contributed by atoms with Crippen LogP contribution in [0.2, 0.25) is 0 Å². The van der Waals surface area contributed by atoms with Crippen LogP contribution in [0.15, 0.2) is 53.4 Å². The van der Waals surface area contributed by atoms with E-state index in [0.717, 1.165) is 26.9 Å². The number of hydrogen-bond acceptors (Lipinski definition) is 6. The number of nitrogens with one attached hydrogen (secondary N) is 2. The van der Waals surface area contributed by atoms with Gasteiger partial charge in [-0.25, -0.2) is 4.98 Å². The predicted octanol–water partition coefficient (Wildman–Crippen LogP) is 5.41. The highest BCUT2D eigenvalue weighted by atomic mass is 35.6. The van der Waals surface area contributed by atoms with Gasteiger partial charge in [-0.2, -0.15) is 5.26 Å². The molecule has 3 aromatic rings. The maximum absolute atomic E-state index is 12.4. The maximum atomic E-state index is 12.4. The standard InChI is InChI=1S/C17H11Cl3N4OS2/c18-17(19,20)15(23-14(25)10-4-2-1-3-5-10)24-16-22-12-7-6-11(26-9-21)8-13(12)27-16/h1-8,15H,(H,22,24)(H,23,25)/t15-/m0/s1. The number of amides is 1. The van der Waals surface area contributed by atoms with E-state index in [0.29, 0.717) is 10.7 Å². The average molecular weight is 458 g/mol. The number of hydrogen-bond donors (Lipinski definition) is 2. The van der Waals surface area contributed by atoms with E-state index < -0.39 is 9.96 Å². The molecule has 27 heavy (non-hydrogen) atoms. The number of alkyl halides is 3. The number of thiazole rings is 1. The zero-order valence-corrected chi connectivity index (χ0v) is 17.3. The van der Waals surface area contributed by atoms with Crippen LogP contribution >= 0.6 is 57.9 Å². The van der Waals surface area contributed by atoms with E-state index in [-0.39, 0.29) is 5.91 Å². The summed E-state index contributed by atoms with van der Waals surface area (Å²) < 4.78 is -0.931. The summed E-state index contributed by atoms with van der Waals surface area (Å²) in [5.74, 6) is -0.381. The summed E-state index contributed by atoms with van der Waals surface area (Å²) in [7, 11) is 0. The SMILES string of the molecule is N#CSc1ccc2nc(N[C@H](NC(=O)c3ccccc3)C(Cl)(Cl)Cl)sc2c1. The Kier molecular flexibility index (Phi) is 6.35. The maximum Gasteiger partial charge on any atom is 0.252 e. The van der Waals surface area contributed by atoms with Gasteiger partial charge in [-0.05, 0) is 42.1 Å². The van der Waals surface area contributed by atoms with Crippen LogP contribution in [0.1, 0.15) is 10.4 Å². The van der Waals surface area contributed by atoms with Gasteiger partial charge >= 0.3 is 0 Å². The Morgan fingerprint density at radius 3 is 2.63 bits per heavy atom. The summed E-state index contributed by atoms with van der Waals surface area (Å²) in [6, 6.07) is 14.1. The Labute approximate surface area is 178 Å². The fourth-order valence-electron chi connectivity index (χ4n) is 2.21. The number of thiocyanates is 1. The topological polar surface area (TPSA) is 77.8 Å². The number of aromatic nitrogens is 1. The first-order valence-corrected chi connectivity index (χ1v) is 10.3. The van der Waals surface area contributed by atoms with E-state index in [4.69, 9.17) is 40.1 Å². The lowest BCUT2D eigenvalue weighted by atomic mass is 10.2. The molecule has 1 aromatic heterocycles. The van der Waals surface area contributed by atoms with E-state index in [1.807, 2.05) is 23.6 Å². The summed E-state index contributed by atoms with van der Waals surface area (Å²) in [4.78, 5) is 17.7. The molecule has 1 amide bonds. The molecule has 1 atom stereocenters. The molecular weight excluding hydrogens is 447 g/mol. The quantitative estimate of drug-likeness (QED) is 0.232. The van der Waals surface area contributed by atoms with Crippen LogP contribution in [-0.4, -0.2) is 20.8 Å². The summed E-state index contributed by atoms with van der Waals surface area (Å²) in [6.07, 6.45) is -0.997. The molecule has 0 aliphatic heterocycles. The second-order valence-electron chi connectivity index (χ2n) is 5.30. The number of anilines is 1. The van der Waals surface area contributed by atoms with Crippen molar-refractivity contribution >= 4 is 79.2 Å². The minimum atomic E-state index is -1.80. The number of rotatable bonds is 5. The van der Waals surface area contributed by atoms with Crippen molar-refractivity contribution < 1.29 is 4.79 Å². The van der Waals surface area contributed by atoms with Crippen molar-refractivity contribution in [2.24, 2.45) is 0 Å². The molecule has 0 aliphatic carbocycles. The molecule has 0 radical (unpaired) electrons. The van der Waals surface area contributed by atoms with Crippen LogP contribution in [-0.2, 0) is 0 Å². The molecule has 0 spiro atoms. The van der Waals surface area contributed by atoms with Gasteiger partial charge in [0.2, 0.25) is 3.79 Å². The van der Waals surface area contributed by atoms with Crippen LogP contribution in [0.3, 0.4) is 0 Å². The Morgan fingerprint density at radius 2 is 1.96 bits per heavy atom. The zero-order valence-electron chi connectivity index (χ0n) is 13.4. The highest BCUT2D eigenvalue weighted by molar-refractivity contribution is 8.03. The minimum Gasteiger partial charge on any atom is -0.338 e. The Morgan fingerprint density at radius 1 is 1.22 bits per heavy atom. The second kappa shape index (κ2) is 8.55. The lowest BCUT2D eigenvalue weighted by molar-refractivity contribution is 0.0942. The van der Waals surface area contributed by atoms with Crippen molar-refractivity contribution in [1.29, 1.82) is 5.26 Å². The lowest BCUT2D eigenvalue weighted by Gasteiger charge is -2.26. The number of thioether (sulfide) groups is 1. The lowest BCUT2D eigenvalue weighted by Crippen LogP contribution is -2.49. The molecular formula is C17H11Cl3N4OS2. The average Bonchev–Trinajstić information content (AvgIpc) is 3.03. The smallest absolute Gasteiger partial charge is 0.252 e. The number of halogens is 3.